The summed E-state index contributed by atoms with van der Waals surface area (Å²) >= 11 is 3.44. The van der Waals surface area contributed by atoms with E-state index in [1.165, 1.54) is 23.2 Å². The fraction of sp³-hybridized carbons (Fsp3) is 0.333. The second kappa shape index (κ2) is 5.99. The summed E-state index contributed by atoms with van der Waals surface area (Å²) in [4.78, 5) is 4.57. The van der Waals surface area contributed by atoms with Crippen LogP contribution in [0.25, 0.3) is 0 Å². The van der Waals surface area contributed by atoms with Gasteiger partial charge in [-0.25, -0.2) is 4.98 Å². The van der Waals surface area contributed by atoms with E-state index in [0.717, 1.165) is 23.0 Å². The third kappa shape index (κ3) is 3.16. The Bertz CT molecular complexity index is 703. The summed E-state index contributed by atoms with van der Waals surface area (Å²) in [6.45, 7) is 2.15. The van der Waals surface area contributed by atoms with Gasteiger partial charge in [-0.1, -0.05) is 19.1 Å². The molecule has 0 aliphatic heterocycles. The van der Waals surface area contributed by atoms with Crippen LogP contribution in [0.3, 0.4) is 0 Å². The molecule has 21 heavy (non-hydrogen) atoms. The molecular formula is C18H17BrN2. The zero-order chi connectivity index (χ0) is 14.8. The minimum absolute atomic E-state index is 0.586. The van der Waals surface area contributed by atoms with Gasteiger partial charge in [0.05, 0.1) is 11.6 Å². The molecule has 2 atom stereocenters. The Morgan fingerprint density at radius 2 is 2.14 bits per heavy atom. The van der Waals surface area contributed by atoms with E-state index >= 15 is 0 Å². The summed E-state index contributed by atoms with van der Waals surface area (Å²) in [7, 11) is 0. The van der Waals surface area contributed by atoms with Crippen molar-refractivity contribution in [1.82, 2.24) is 4.98 Å². The molecule has 0 amide bonds. The van der Waals surface area contributed by atoms with Gasteiger partial charge >= 0.3 is 0 Å². The van der Waals surface area contributed by atoms with Crippen LogP contribution in [0.5, 0.6) is 0 Å². The Labute approximate surface area is 134 Å². The zero-order valence-electron chi connectivity index (χ0n) is 12.0. The molecule has 2 nitrogen and oxygen atoms in total. The van der Waals surface area contributed by atoms with Crippen LogP contribution in [0, 0.1) is 17.2 Å². The maximum Gasteiger partial charge on any atom is 0.106 e. The van der Waals surface area contributed by atoms with Crippen molar-refractivity contribution >= 4 is 15.9 Å². The van der Waals surface area contributed by atoms with E-state index in [1.807, 2.05) is 18.2 Å². The van der Waals surface area contributed by atoms with Gasteiger partial charge in [-0.15, -0.1) is 0 Å². The molecule has 0 saturated heterocycles. The van der Waals surface area contributed by atoms with E-state index in [-0.39, 0.29) is 0 Å². The van der Waals surface area contributed by atoms with Crippen LogP contribution in [0.15, 0.2) is 41.0 Å². The zero-order valence-corrected chi connectivity index (χ0v) is 13.6. The lowest BCUT2D eigenvalue weighted by atomic mass is 9.97. The molecule has 1 aromatic carbocycles. The SMILES string of the molecule is CCc1cc(C#N)ccc1CC1CC1c1cccc(Br)n1. The number of halogens is 1. The molecule has 1 aliphatic carbocycles. The maximum absolute atomic E-state index is 9.00. The van der Waals surface area contributed by atoms with Crippen molar-refractivity contribution < 1.29 is 0 Å². The van der Waals surface area contributed by atoms with E-state index in [9.17, 15) is 0 Å². The molecule has 0 bridgehead atoms. The van der Waals surface area contributed by atoms with Gasteiger partial charge in [0.2, 0.25) is 0 Å². The average Bonchev–Trinajstić information content (AvgIpc) is 3.27. The van der Waals surface area contributed by atoms with E-state index < -0.39 is 0 Å². The van der Waals surface area contributed by atoms with Crippen molar-refractivity contribution in [2.75, 3.05) is 0 Å². The first-order valence-corrected chi connectivity index (χ1v) is 8.15. The third-order valence-corrected chi connectivity index (χ3v) is 4.68. The number of benzene rings is 1. The third-order valence-electron chi connectivity index (χ3n) is 4.24. The van der Waals surface area contributed by atoms with E-state index in [2.05, 4.69) is 52.1 Å². The van der Waals surface area contributed by atoms with Gasteiger partial charge in [0, 0.05) is 11.6 Å². The van der Waals surface area contributed by atoms with Gasteiger partial charge in [0.15, 0.2) is 0 Å². The van der Waals surface area contributed by atoms with Crippen LogP contribution in [0.1, 0.15) is 41.6 Å². The highest BCUT2D eigenvalue weighted by Gasteiger charge is 2.39. The summed E-state index contributed by atoms with van der Waals surface area (Å²) in [5.74, 6) is 1.27. The van der Waals surface area contributed by atoms with Gasteiger partial charge in [-0.3, -0.25) is 0 Å². The number of aromatic nitrogens is 1. The molecule has 2 unspecified atom stereocenters. The Morgan fingerprint density at radius 1 is 1.29 bits per heavy atom. The molecule has 1 saturated carbocycles. The van der Waals surface area contributed by atoms with Crippen LogP contribution in [0.4, 0.5) is 0 Å². The lowest BCUT2D eigenvalue weighted by molar-refractivity contribution is 0.773. The normalized spacial score (nSPS) is 20.0. The molecule has 3 rings (SSSR count). The number of hydrogen-bond donors (Lipinski definition) is 0. The quantitative estimate of drug-likeness (QED) is 0.761. The number of nitriles is 1. The molecule has 0 N–H and O–H groups in total. The number of nitrogens with zero attached hydrogens (tertiary/aromatic N) is 2. The fourth-order valence-electron chi connectivity index (χ4n) is 2.97. The smallest absolute Gasteiger partial charge is 0.106 e. The van der Waals surface area contributed by atoms with Crippen LogP contribution >= 0.6 is 15.9 Å². The summed E-state index contributed by atoms with van der Waals surface area (Å²) in [5, 5.41) is 9.00. The topological polar surface area (TPSA) is 36.7 Å². The molecule has 1 heterocycles. The summed E-state index contributed by atoms with van der Waals surface area (Å²) in [5.41, 5.74) is 4.65. The van der Waals surface area contributed by atoms with Crippen molar-refractivity contribution in [2.24, 2.45) is 5.92 Å². The lowest BCUT2D eigenvalue weighted by Gasteiger charge is -2.08. The minimum atomic E-state index is 0.586. The van der Waals surface area contributed by atoms with Gasteiger partial charge in [-0.2, -0.15) is 5.26 Å². The Morgan fingerprint density at radius 3 is 2.86 bits per heavy atom. The molecule has 0 spiro atoms. The average molecular weight is 341 g/mol. The maximum atomic E-state index is 9.00. The predicted octanol–water partition coefficient (Wildman–Crippen LogP) is 4.62. The predicted molar refractivity (Wildman–Crippen MR) is 87.0 cm³/mol. The summed E-state index contributed by atoms with van der Waals surface area (Å²) in [6, 6.07) is 14.5. The van der Waals surface area contributed by atoms with Gasteiger partial charge in [0.25, 0.3) is 0 Å². The molecule has 1 aliphatic rings. The van der Waals surface area contributed by atoms with Crippen LogP contribution in [0.2, 0.25) is 0 Å². The molecule has 2 aromatic rings. The first-order valence-electron chi connectivity index (χ1n) is 7.35. The molecular weight excluding hydrogens is 324 g/mol. The number of hydrogen-bond acceptors (Lipinski definition) is 2. The minimum Gasteiger partial charge on any atom is -0.246 e. The molecule has 106 valence electrons. The molecule has 1 fully saturated rings. The number of pyridine rings is 1. The first-order chi connectivity index (χ1) is 10.2. The lowest BCUT2D eigenvalue weighted by Crippen LogP contribution is -1.97. The van der Waals surface area contributed by atoms with Crippen molar-refractivity contribution in [3.63, 3.8) is 0 Å². The second-order valence-corrected chi connectivity index (χ2v) is 6.45. The highest BCUT2D eigenvalue weighted by molar-refractivity contribution is 9.10. The van der Waals surface area contributed by atoms with Crippen LogP contribution in [-0.2, 0) is 12.8 Å². The van der Waals surface area contributed by atoms with Crippen molar-refractivity contribution in [1.29, 1.82) is 5.26 Å². The van der Waals surface area contributed by atoms with Crippen LogP contribution < -0.4 is 0 Å². The second-order valence-electron chi connectivity index (χ2n) is 5.64. The van der Waals surface area contributed by atoms with Crippen molar-refractivity contribution in [3.05, 3.63) is 63.4 Å². The molecule has 1 aromatic heterocycles. The molecule has 3 heteroatoms. The van der Waals surface area contributed by atoms with Crippen molar-refractivity contribution in [3.8, 4) is 6.07 Å². The highest BCUT2D eigenvalue weighted by Crippen LogP contribution is 2.49. The first kappa shape index (κ1) is 14.3. The van der Waals surface area contributed by atoms with Gasteiger partial charge in [0.1, 0.15) is 4.60 Å². The van der Waals surface area contributed by atoms with Crippen molar-refractivity contribution in [2.45, 2.75) is 32.1 Å². The van der Waals surface area contributed by atoms with E-state index in [0.29, 0.717) is 11.8 Å². The largest absolute Gasteiger partial charge is 0.246 e. The Hall–Kier alpha value is -1.66. The highest BCUT2D eigenvalue weighted by atomic mass is 79.9. The Kier molecular flexibility index (Phi) is 4.07. The standard InChI is InChI=1S/C18H17BrN2/c1-2-13-8-12(11-20)6-7-14(13)9-15-10-16(15)17-4-3-5-18(19)21-17/h3-8,15-16H,2,9-10H2,1H3. The fourth-order valence-corrected chi connectivity index (χ4v) is 3.33. The van der Waals surface area contributed by atoms with Crippen LogP contribution in [-0.4, -0.2) is 4.98 Å². The summed E-state index contributed by atoms with van der Waals surface area (Å²) in [6.07, 6.45) is 3.29. The summed E-state index contributed by atoms with van der Waals surface area (Å²) < 4.78 is 0.915. The molecule has 0 radical (unpaired) electrons. The van der Waals surface area contributed by atoms with Gasteiger partial charge < -0.3 is 0 Å². The monoisotopic (exact) mass is 340 g/mol. The number of rotatable bonds is 4. The van der Waals surface area contributed by atoms with E-state index in [4.69, 9.17) is 5.26 Å². The van der Waals surface area contributed by atoms with Gasteiger partial charge in [-0.05, 0) is 76.5 Å². The Balaban J connectivity index is 1.73. The van der Waals surface area contributed by atoms with E-state index in [1.54, 1.807) is 0 Å². The number of aryl methyl sites for hydroxylation is 1.